The van der Waals surface area contributed by atoms with E-state index in [0.717, 1.165) is 25.5 Å². The minimum absolute atomic E-state index is 0.0847. The fourth-order valence-electron chi connectivity index (χ4n) is 3.86. The Morgan fingerprint density at radius 1 is 1.22 bits per heavy atom. The molecule has 0 aliphatic carbocycles. The maximum Gasteiger partial charge on any atom is 0.407 e. The molecule has 0 saturated carbocycles. The number of hydrogen-bond acceptors (Lipinski definition) is 6. The predicted octanol–water partition coefficient (Wildman–Crippen LogP) is 2.69. The zero-order valence-corrected chi connectivity index (χ0v) is 14.5. The number of likely N-dealkylation sites (tertiary alicyclic amines) is 1. The van der Waals surface area contributed by atoms with Gasteiger partial charge in [-0.15, -0.1) is 0 Å². The van der Waals surface area contributed by atoms with Gasteiger partial charge in [-0.25, -0.2) is 19.2 Å². The summed E-state index contributed by atoms with van der Waals surface area (Å²) in [4.78, 5) is 23.0. The normalized spacial score (nSPS) is 21.8. The minimum Gasteiger partial charge on any atom is -0.504 e. The van der Waals surface area contributed by atoms with E-state index in [4.69, 9.17) is 4.74 Å². The number of hydrogen-bond donors (Lipinski definition) is 2. The molecule has 27 heavy (non-hydrogen) atoms. The van der Waals surface area contributed by atoms with E-state index in [1.807, 2.05) is 4.90 Å². The number of amides is 1. The van der Waals surface area contributed by atoms with E-state index in [2.05, 4.69) is 9.97 Å². The van der Waals surface area contributed by atoms with E-state index < -0.39 is 11.9 Å². The van der Waals surface area contributed by atoms with Crippen LogP contribution in [0.2, 0.25) is 0 Å². The number of halogens is 1. The van der Waals surface area contributed by atoms with Crippen molar-refractivity contribution in [2.24, 2.45) is 5.41 Å². The molecule has 3 heterocycles. The van der Waals surface area contributed by atoms with E-state index in [1.54, 1.807) is 0 Å². The number of phenols is 1. The van der Waals surface area contributed by atoms with Crippen molar-refractivity contribution < 1.29 is 24.1 Å². The Kier molecular flexibility index (Phi) is 4.21. The van der Waals surface area contributed by atoms with Crippen LogP contribution in [0.3, 0.4) is 0 Å². The number of benzene rings is 1. The number of aromatic nitrogens is 2. The molecule has 8 nitrogen and oxygen atoms in total. The highest BCUT2D eigenvalue weighted by Gasteiger charge is 2.45. The summed E-state index contributed by atoms with van der Waals surface area (Å²) in [6.45, 7) is 2.44. The van der Waals surface area contributed by atoms with Crippen LogP contribution in [-0.2, 0) is 0 Å². The molecule has 1 unspecified atom stereocenters. The molecule has 2 aromatic rings. The number of aromatic hydroxyl groups is 1. The van der Waals surface area contributed by atoms with Crippen molar-refractivity contribution in [3.05, 3.63) is 36.5 Å². The van der Waals surface area contributed by atoms with Crippen LogP contribution in [0.1, 0.15) is 12.8 Å². The molecule has 0 radical (unpaired) electrons. The molecule has 2 aliphatic rings. The van der Waals surface area contributed by atoms with Gasteiger partial charge >= 0.3 is 6.09 Å². The van der Waals surface area contributed by atoms with E-state index in [1.165, 1.54) is 29.6 Å². The molecule has 2 saturated heterocycles. The Hall–Kier alpha value is -3.10. The van der Waals surface area contributed by atoms with Gasteiger partial charge < -0.3 is 24.7 Å². The first kappa shape index (κ1) is 17.3. The van der Waals surface area contributed by atoms with Gasteiger partial charge in [0.1, 0.15) is 12.1 Å². The highest BCUT2D eigenvalue weighted by Crippen LogP contribution is 2.43. The number of ether oxygens (including phenoxy) is 1. The second-order valence-corrected chi connectivity index (χ2v) is 7.05. The molecule has 4 rings (SSSR count). The Labute approximate surface area is 154 Å². The fourth-order valence-corrected chi connectivity index (χ4v) is 3.86. The number of rotatable bonds is 3. The quantitative estimate of drug-likeness (QED) is 0.852. The maximum absolute atomic E-state index is 13.2. The summed E-state index contributed by atoms with van der Waals surface area (Å²) in [6.07, 6.45) is 3.70. The molecule has 0 bridgehead atoms. The summed E-state index contributed by atoms with van der Waals surface area (Å²) in [5.74, 6) is 0.161. The molecule has 9 heteroatoms. The van der Waals surface area contributed by atoms with Crippen molar-refractivity contribution in [2.75, 3.05) is 31.1 Å². The lowest BCUT2D eigenvalue weighted by Crippen LogP contribution is -2.33. The first-order chi connectivity index (χ1) is 13.0. The third-order valence-corrected chi connectivity index (χ3v) is 5.25. The number of anilines is 1. The lowest BCUT2D eigenvalue weighted by molar-refractivity contribution is 0.150. The van der Waals surface area contributed by atoms with Gasteiger partial charge in [0.15, 0.2) is 23.1 Å². The number of carboxylic acid groups (broad SMARTS) is 1. The van der Waals surface area contributed by atoms with Gasteiger partial charge in [-0.3, -0.25) is 0 Å². The largest absolute Gasteiger partial charge is 0.504 e. The van der Waals surface area contributed by atoms with E-state index in [0.29, 0.717) is 31.2 Å². The second kappa shape index (κ2) is 6.57. The Morgan fingerprint density at radius 2 is 2.04 bits per heavy atom. The lowest BCUT2D eigenvalue weighted by Gasteiger charge is -2.25. The summed E-state index contributed by atoms with van der Waals surface area (Å²) in [7, 11) is 0. The highest BCUT2D eigenvalue weighted by atomic mass is 19.1. The fraction of sp³-hybridized carbons (Fsp3) is 0.389. The lowest BCUT2D eigenvalue weighted by atomic mass is 9.86. The second-order valence-electron chi connectivity index (χ2n) is 7.05. The van der Waals surface area contributed by atoms with Gasteiger partial charge in [-0.1, -0.05) is 0 Å². The number of carbonyl (C=O) groups is 1. The Morgan fingerprint density at radius 3 is 2.78 bits per heavy atom. The molecule has 2 aliphatic heterocycles. The zero-order valence-electron chi connectivity index (χ0n) is 14.5. The molecule has 1 atom stereocenters. The minimum atomic E-state index is -0.886. The van der Waals surface area contributed by atoms with Crippen LogP contribution in [0, 0.1) is 11.2 Å². The summed E-state index contributed by atoms with van der Waals surface area (Å²) >= 11 is 0. The Bertz CT molecular complexity index is 880. The van der Waals surface area contributed by atoms with Crippen LogP contribution in [0.15, 0.2) is 30.7 Å². The van der Waals surface area contributed by atoms with Crippen LogP contribution >= 0.6 is 0 Å². The van der Waals surface area contributed by atoms with Crippen molar-refractivity contribution in [2.45, 2.75) is 12.8 Å². The standard InChI is InChI=1S/C18H19FN4O4/c19-12-1-2-14(13(24)7-12)27-15-8-20-11-21-16(15)22-5-3-18(9-22)4-6-23(10-18)17(25)26/h1-2,7-8,11,24H,3-6,9-10H2,(H,25,26). The van der Waals surface area contributed by atoms with Gasteiger partial charge in [-0.05, 0) is 25.0 Å². The van der Waals surface area contributed by atoms with Gasteiger partial charge in [0.05, 0.1) is 6.20 Å². The summed E-state index contributed by atoms with van der Waals surface area (Å²) < 4.78 is 18.9. The van der Waals surface area contributed by atoms with Crippen molar-refractivity contribution in [1.29, 1.82) is 0 Å². The molecule has 1 spiro atoms. The van der Waals surface area contributed by atoms with E-state index in [-0.39, 0.29) is 16.9 Å². The first-order valence-electron chi connectivity index (χ1n) is 8.65. The van der Waals surface area contributed by atoms with Crippen LogP contribution in [0.5, 0.6) is 17.2 Å². The van der Waals surface area contributed by atoms with Gasteiger partial charge in [0.2, 0.25) is 0 Å². The van der Waals surface area contributed by atoms with E-state index >= 15 is 0 Å². The molecule has 2 fully saturated rings. The van der Waals surface area contributed by atoms with Gasteiger partial charge in [0, 0.05) is 37.7 Å². The molecule has 142 valence electrons. The molecular formula is C18H19FN4O4. The van der Waals surface area contributed by atoms with E-state index in [9.17, 15) is 19.4 Å². The average molecular weight is 374 g/mol. The van der Waals surface area contributed by atoms with Crippen molar-refractivity contribution in [3.63, 3.8) is 0 Å². The van der Waals surface area contributed by atoms with Crippen LogP contribution in [-0.4, -0.2) is 57.4 Å². The SMILES string of the molecule is O=C(O)N1CCC2(CCN(c3ncncc3Oc3ccc(F)cc3O)C2)C1. The Balaban J connectivity index is 1.54. The van der Waals surface area contributed by atoms with Gasteiger partial charge in [-0.2, -0.15) is 0 Å². The summed E-state index contributed by atoms with van der Waals surface area (Å²) in [5.41, 5.74) is -0.0847. The molecule has 1 aromatic carbocycles. The monoisotopic (exact) mass is 374 g/mol. The molecule has 1 amide bonds. The summed E-state index contributed by atoms with van der Waals surface area (Å²) in [6, 6.07) is 3.51. The zero-order chi connectivity index (χ0) is 19.0. The third kappa shape index (κ3) is 3.32. The molecule has 2 N–H and O–H groups in total. The number of phenolic OH excluding ortho intramolecular Hbond substituents is 1. The highest BCUT2D eigenvalue weighted by molar-refractivity contribution is 5.65. The summed E-state index contributed by atoms with van der Waals surface area (Å²) in [5, 5.41) is 19.1. The smallest absolute Gasteiger partial charge is 0.407 e. The predicted molar refractivity (Wildman–Crippen MR) is 93.6 cm³/mol. The van der Waals surface area contributed by atoms with Crippen LogP contribution in [0.4, 0.5) is 15.0 Å². The third-order valence-electron chi connectivity index (χ3n) is 5.25. The van der Waals surface area contributed by atoms with Crippen LogP contribution in [0.25, 0.3) is 0 Å². The van der Waals surface area contributed by atoms with Gasteiger partial charge in [0.25, 0.3) is 0 Å². The maximum atomic E-state index is 13.2. The van der Waals surface area contributed by atoms with Crippen molar-refractivity contribution in [1.82, 2.24) is 14.9 Å². The first-order valence-corrected chi connectivity index (χ1v) is 8.65. The van der Waals surface area contributed by atoms with Crippen molar-refractivity contribution in [3.8, 4) is 17.2 Å². The molecular weight excluding hydrogens is 355 g/mol. The van der Waals surface area contributed by atoms with Crippen LogP contribution < -0.4 is 9.64 Å². The average Bonchev–Trinajstić information content (AvgIpc) is 3.25. The van der Waals surface area contributed by atoms with Crippen molar-refractivity contribution >= 4 is 11.9 Å². The molecule has 1 aromatic heterocycles. The topological polar surface area (TPSA) is 99.0 Å². The number of nitrogens with zero attached hydrogens (tertiary/aromatic N) is 4.